The molecule has 0 aliphatic heterocycles. The minimum Gasteiger partial charge on any atom is -0.490 e. The second kappa shape index (κ2) is 4.48. The minimum atomic E-state index is -3.64. The lowest BCUT2D eigenvalue weighted by molar-refractivity contribution is 0.363. The second-order valence-corrected chi connectivity index (χ2v) is 5.07. The van der Waals surface area contributed by atoms with E-state index in [1.807, 2.05) is 0 Å². The topological polar surface area (TPSA) is 43.4 Å². The maximum Gasteiger partial charge on any atom is 0.261 e. The standard InChI is InChI=1S/C9H9ClO3S/c1-2-7-13-8-3-5-9(6-4-8)14(10,11)12/h2-6H,1,7H2. The van der Waals surface area contributed by atoms with Crippen molar-refractivity contribution in [2.75, 3.05) is 6.61 Å². The smallest absolute Gasteiger partial charge is 0.261 e. The van der Waals surface area contributed by atoms with Crippen molar-refractivity contribution in [1.82, 2.24) is 0 Å². The summed E-state index contributed by atoms with van der Waals surface area (Å²) in [4.78, 5) is 0.0603. The van der Waals surface area contributed by atoms with Gasteiger partial charge in [0, 0.05) is 10.7 Å². The molecular formula is C9H9ClO3S. The fourth-order valence-corrected chi connectivity index (χ4v) is 1.62. The molecule has 0 atom stereocenters. The summed E-state index contributed by atoms with van der Waals surface area (Å²) in [5.41, 5.74) is 0. The van der Waals surface area contributed by atoms with E-state index in [9.17, 15) is 8.42 Å². The van der Waals surface area contributed by atoms with Crippen LogP contribution in [0.2, 0.25) is 0 Å². The van der Waals surface area contributed by atoms with Crippen molar-refractivity contribution in [3.8, 4) is 5.75 Å². The quantitative estimate of drug-likeness (QED) is 0.590. The van der Waals surface area contributed by atoms with Crippen LogP contribution in [0.25, 0.3) is 0 Å². The van der Waals surface area contributed by atoms with Gasteiger partial charge in [0.25, 0.3) is 9.05 Å². The van der Waals surface area contributed by atoms with Crippen LogP contribution >= 0.6 is 10.7 Å². The number of rotatable bonds is 4. The van der Waals surface area contributed by atoms with E-state index in [4.69, 9.17) is 15.4 Å². The predicted octanol–water partition coefficient (Wildman–Crippen LogP) is 2.18. The van der Waals surface area contributed by atoms with Gasteiger partial charge in [0.15, 0.2) is 0 Å². The molecule has 1 aromatic rings. The van der Waals surface area contributed by atoms with Gasteiger partial charge >= 0.3 is 0 Å². The molecule has 0 heterocycles. The lowest BCUT2D eigenvalue weighted by Gasteiger charge is -2.02. The van der Waals surface area contributed by atoms with Crippen molar-refractivity contribution < 1.29 is 13.2 Å². The molecule has 76 valence electrons. The number of halogens is 1. The normalized spacial score (nSPS) is 10.9. The molecule has 0 fully saturated rings. The van der Waals surface area contributed by atoms with Crippen molar-refractivity contribution in [2.24, 2.45) is 0 Å². The first-order chi connectivity index (χ1) is 6.54. The van der Waals surface area contributed by atoms with E-state index in [1.54, 1.807) is 18.2 Å². The van der Waals surface area contributed by atoms with Crippen molar-refractivity contribution in [3.63, 3.8) is 0 Å². The molecule has 5 heteroatoms. The average Bonchev–Trinajstić information content (AvgIpc) is 2.14. The van der Waals surface area contributed by atoms with Crippen LogP contribution in [0.1, 0.15) is 0 Å². The molecule has 0 amide bonds. The van der Waals surface area contributed by atoms with Gasteiger partial charge in [-0.05, 0) is 24.3 Å². The number of hydrogen-bond acceptors (Lipinski definition) is 3. The summed E-state index contributed by atoms with van der Waals surface area (Å²) in [7, 11) is 1.49. The first kappa shape index (κ1) is 11.1. The molecule has 0 unspecified atom stereocenters. The van der Waals surface area contributed by atoms with Crippen LogP contribution in [0, 0.1) is 0 Å². The van der Waals surface area contributed by atoms with Gasteiger partial charge in [-0.3, -0.25) is 0 Å². The zero-order chi connectivity index (χ0) is 10.6. The van der Waals surface area contributed by atoms with Gasteiger partial charge in [-0.2, -0.15) is 0 Å². The molecule has 0 N–H and O–H groups in total. The van der Waals surface area contributed by atoms with E-state index in [2.05, 4.69) is 6.58 Å². The Hall–Kier alpha value is -1.00. The Morgan fingerprint density at radius 3 is 2.36 bits per heavy atom. The molecule has 0 radical (unpaired) electrons. The largest absolute Gasteiger partial charge is 0.490 e. The molecule has 0 spiro atoms. The van der Waals surface area contributed by atoms with Gasteiger partial charge in [-0.15, -0.1) is 0 Å². The van der Waals surface area contributed by atoms with Crippen molar-refractivity contribution in [1.29, 1.82) is 0 Å². The van der Waals surface area contributed by atoms with Crippen LogP contribution in [-0.2, 0) is 9.05 Å². The van der Waals surface area contributed by atoms with E-state index in [1.165, 1.54) is 12.1 Å². The van der Waals surface area contributed by atoms with E-state index >= 15 is 0 Å². The highest BCUT2D eigenvalue weighted by atomic mass is 35.7. The Morgan fingerprint density at radius 1 is 1.36 bits per heavy atom. The van der Waals surface area contributed by atoms with Crippen LogP contribution in [0.15, 0.2) is 41.8 Å². The third-order valence-electron chi connectivity index (χ3n) is 1.47. The predicted molar refractivity (Wildman–Crippen MR) is 55.2 cm³/mol. The molecule has 0 aromatic heterocycles. The van der Waals surface area contributed by atoms with Gasteiger partial charge < -0.3 is 4.74 Å². The summed E-state index contributed by atoms with van der Waals surface area (Å²) in [5.74, 6) is 0.578. The van der Waals surface area contributed by atoms with Crippen molar-refractivity contribution in [2.45, 2.75) is 4.90 Å². The zero-order valence-electron chi connectivity index (χ0n) is 7.31. The van der Waals surface area contributed by atoms with Crippen LogP contribution in [0.3, 0.4) is 0 Å². The maximum absolute atomic E-state index is 10.9. The fraction of sp³-hybridized carbons (Fsp3) is 0.111. The average molecular weight is 233 g/mol. The summed E-state index contributed by atoms with van der Waals surface area (Å²) >= 11 is 0. The van der Waals surface area contributed by atoms with E-state index in [0.29, 0.717) is 12.4 Å². The van der Waals surface area contributed by atoms with Crippen LogP contribution in [0.4, 0.5) is 0 Å². The Balaban J connectivity index is 2.84. The Labute approximate surface area is 87.4 Å². The molecule has 14 heavy (non-hydrogen) atoms. The number of benzene rings is 1. The van der Waals surface area contributed by atoms with Crippen LogP contribution in [-0.4, -0.2) is 15.0 Å². The third kappa shape index (κ3) is 3.05. The van der Waals surface area contributed by atoms with Gasteiger partial charge in [0.1, 0.15) is 12.4 Å². The highest BCUT2D eigenvalue weighted by Crippen LogP contribution is 2.18. The molecule has 0 aliphatic rings. The molecule has 1 rings (SSSR count). The summed E-state index contributed by atoms with van der Waals surface area (Å²) < 4.78 is 26.9. The van der Waals surface area contributed by atoms with E-state index in [0.717, 1.165) is 0 Å². The lowest BCUT2D eigenvalue weighted by atomic mass is 10.3. The lowest BCUT2D eigenvalue weighted by Crippen LogP contribution is -1.94. The molecule has 0 saturated carbocycles. The molecule has 1 aromatic carbocycles. The molecule has 0 bridgehead atoms. The molecule has 0 saturated heterocycles. The van der Waals surface area contributed by atoms with Crippen molar-refractivity contribution >= 4 is 19.7 Å². The summed E-state index contributed by atoms with van der Waals surface area (Å²) in [6.07, 6.45) is 1.60. The second-order valence-electron chi connectivity index (χ2n) is 2.51. The monoisotopic (exact) mass is 232 g/mol. The third-order valence-corrected chi connectivity index (χ3v) is 2.84. The summed E-state index contributed by atoms with van der Waals surface area (Å²) in [6, 6.07) is 5.86. The highest BCUT2D eigenvalue weighted by Gasteiger charge is 2.08. The zero-order valence-corrected chi connectivity index (χ0v) is 8.88. The molecular weight excluding hydrogens is 224 g/mol. The first-order valence-electron chi connectivity index (χ1n) is 3.82. The molecule has 3 nitrogen and oxygen atoms in total. The van der Waals surface area contributed by atoms with Gasteiger partial charge in [0.2, 0.25) is 0 Å². The SMILES string of the molecule is C=CCOc1ccc(S(=O)(=O)Cl)cc1. The molecule has 0 aliphatic carbocycles. The summed E-state index contributed by atoms with van der Waals surface area (Å²) in [5, 5.41) is 0. The number of ether oxygens (including phenoxy) is 1. The van der Waals surface area contributed by atoms with Crippen LogP contribution < -0.4 is 4.74 Å². The van der Waals surface area contributed by atoms with Gasteiger partial charge in [-0.25, -0.2) is 8.42 Å². The Kier molecular flexibility index (Phi) is 3.55. The van der Waals surface area contributed by atoms with Gasteiger partial charge in [0.05, 0.1) is 4.90 Å². The van der Waals surface area contributed by atoms with E-state index in [-0.39, 0.29) is 4.90 Å². The van der Waals surface area contributed by atoms with Crippen LogP contribution in [0.5, 0.6) is 5.75 Å². The highest BCUT2D eigenvalue weighted by molar-refractivity contribution is 8.13. The Morgan fingerprint density at radius 2 is 1.93 bits per heavy atom. The summed E-state index contributed by atoms with van der Waals surface area (Å²) in [6.45, 7) is 3.87. The fourth-order valence-electron chi connectivity index (χ4n) is 0.854. The van der Waals surface area contributed by atoms with Gasteiger partial charge in [-0.1, -0.05) is 12.7 Å². The van der Waals surface area contributed by atoms with E-state index < -0.39 is 9.05 Å². The Bertz CT molecular complexity index is 408. The minimum absolute atomic E-state index is 0.0603. The first-order valence-corrected chi connectivity index (χ1v) is 6.13. The van der Waals surface area contributed by atoms with Crippen molar-refractivity contribution in [3.05, 3.63) is 36.9 Å². The maximum atomic E-state index is 10.9. The number of hydrogen-bond donors (Lipinski definition) is 0.